The number of aromatic nitrogens is 1. The fourth-order valence-electron chi connectivity index (χ4n) is 2.30. The molecule has 2 rings (SSSR count). The molecule has 5 heteroatoms. The summed E-state index contributed by atoms with van der Waals surface area (Å²) in [5.41, 5.74) is 7.70. The van der Waals surface area contributed by atoms with Crippen LogP contribution in [0.3, 0.4) is 0 Å². The van der Waals surface area contributed by atoms with Gasteiger partial charge in [0, 0.05) is 18.3 Å². The van der Waals surface area contributed by atoms with Crippen LogP contribution in [-0.2, 0) is 4.74 Å². The molecule has 2 unspecified atom stereocenters. The zero-order valence-electron chi connectivity index (χ0n) is 10.8. The van der Waals surface area contributed by atoms with E-state index in [0.717, 1.165) is 30.8 Å². The van der Waals surface area contributed by atoms with E-state index in [-0.39, 0.29) is 6.10 Å². The number of rotatable bonds is 3. The predicted molar refractivity (Wildman–Crippen MR) is 77.0 cm³/mol. The van der Waals surface area contributed by atoms with Crippen LogP contribution < -0.4 is 10.6 Å². The fraction of sp³-hybridized carbons (Fsp3) is 0.538. The summed E-state index contributed by atoms with van der Waals surface area (Å²) < 4.78 is 5.71. The van der Waals surface area contributed by atoms with E-state index in [1.807, 2.05) is 12.3 Å². The fourth-order valence-corrected chi connectivity index (χ4v) is 2.47. The highest BCUT2D eigenvalue weighted by atomic mass is 32.1. The quantitative estimate of drug-likeness (QED) is 0.843. The minimum atomic E-state index is 0.215. The Kier molecular flexibility index (Phi) is 4.14. The van der Waals surface area contributed by atoms with Crippen molar-refractivity contribution in [2.24, 2.45) is 5.73 Å². The number of hydrogen-bond donors (Lipinski definition) is 1. The van der Waals surface area contributed by atoms with Gasteiger partial charge in [-0.3, -0.25) is 4.98 Å². The molecule has 1 aliphatic rings. The summed E-state index contributed by atoms with van der Waals surface area (Å²) in [6, 6.07) is 2.24. The maximum absolute atomic E-state index is 5.79. The summed E-state index contributed by atoms with van der Waals surface area (Å²) in [5.74, 6) is 0. The van der Waals surface area contributed by atoms with Gasteiger partial charge in [-0.1, -0.05) is 19.1 Å². The molecule has 0 aromatic carbocycles. The first kappa shape index (κ1) is 13.2. The van der Waals surface area contributed by atoms with Crippen LogP contribution in [0.1, 0.15) is 25.8 Å². The highest BCUT2D eigenvalue weighted by molar-refractivity contribution is 7.80. The first-order valence-corrected chi connectivity index (χ1v) is 6.66. The Labute approximate surface area is 113 Å². The van der Waals surface area contributed by atoms with E-state index in [1.54, 1.807) is 6.20 Å². The number of hydrogen-bond acceptors (Lipinski definition) is 4. The van der Waals surface area contributed by atoms with Crippen molar-refractivity contribution in [3.63, 3.8) is 0 Å². The van der Waals surface area contributed by atoms with E-state index in [9.17, 15) is 0 Å². The average molecular weight is 265 g/mol. The molecule has 0 bridgehead atoms. The Morgan fingerprint density at radius 3 is 3.11 bits per heavy atom. The van der Waals surface area contributed by atoms with Gasteiger partial charge >= 0.3 is 0 Å². The number of nitrogens with zero attached hydrogens (tertiary/aromatic N) is 2. The van der Waals surface area contributed by atoms with Crippen molar-refractivity contribution in [3.8, 4) is 0 Å². The van der Waals surface area contributed by atoms with Gasteiger partial charge in [0.25, 0.3) is 0 Å². The zero-order valence-corrected chi connectivity index (χ0v) is 11.6. The van der Waals surface area contributed by atoms with Crippen LogP contribution in [0.15, 0.2) is 18.5 Å². The second kappa shape index (κ2) is 5.63. The van der Waals surface area contributed by atoms with Crippen molar-refractivity contribution >= 4 is 22.9 Å². The minimum absolute atomic E-state index is 0.215. The maximum atomic E-state index is 5.79. The standard InChI is InChI=1S/C13H19N3OS/c1-3-10-8-17-9(2)7-16(10)12-6-15-5-4-11(12)13(14)18/h4-6,9-10H,3,7-8H2,1-2H3,(H2,14,18). The highest BCUT2D eigenvalue weighted by Gasteiger charge is 2.27. The lowest BCUT2D eigenvalue weighted by atomic mass is 10.1. The molecule has 0 radical (unpaired) electrons. The molecule has 98 valence electrons. The van der Waals surface area contributed by atoms with Crippen LogP contribution in [0, 0.1) is 0 Å². The molecule has 1 saturated heterocycles. The minimum Gasteiger partial charge on any atom is -0.389 e. The Balaban J connectivity index is 2.36. The molecular formula is C13H19N3OS. The van der Waals surface area contributed by atoms with Crippen molar-refractivity contribution < 1.29 is 4.74 Å². The zero-order chi connectivity index (χ0) is 13.1. The first-order valence-electron chi connectivity index (χ1n) is 6.25. The molecule has 1 fully saturated rings. The van der Waals surface area contributed by atoms with Gasteiger partial charge < -0.3 is 15.4 Å². The van der Waals surface area contributed by atoms with E-state index >= 15 is 0 Å². The molecule has 0 spiro atoms. The van der Waals surface area contributed by atoms with E-state index in [4.69, 9.17) is 22.7 Å². The van der Waals surface area contributed by atoms with Crippen molar-refractivity contribution in [2.75, 3.05) is 18.1 Å². The van der Waals surface area contributed by atoms with Gasteiger partial charge in [0.2, 0.25) is 0 Å². The van der Waals surface area contributed by atoms with E-state index < -0.39 is 0 Å². The largest absolute Gasteiger partial charge is 0.389 e. The first-order chi connectivity index (χ1) is 8.63. The summed E-state index contributed by atoms with van der Waals surface area (Å²) in [6.07, 6.45) is 4.81. The number of thiocarbonyl (C=S) groups is 1. The Morgan fingerprint density at radius 1 is 1.67 bits per heavy atom. The number of ether oxygens (including phenoxy) is 1. The van der Waals surface area contributed by atoms with E-state index in [2.05, 4.69) is 23.7 Å². The molecule has 4 nitrogen and oxygen atoms in total. The predicted octanol–water partition coefficient (Wildman–Crippen LogP) is 1.72. The summed E-state index contributed by atoms with van der Waals surface area (Å²) in [7, 11) is 0. The van der Waals surface area contributed by atoms with Gasteiger partial charge in [0.15, 0.2) is 0 Å². The van der Waals surface area contributed by atoms with Crippen LogP contribution in [0.2, 0.25) is 0 Å². The van der Waals surface area contributed by atoms with Gasteiger partial charge in [-0.05, 0) is 19.4 Å². The second-order valence-electron chi connectivity index (χ2n) is 4.62. The maximum Gasteiger partial charge on any atom is 0.106 e. The molecule has 2 heterocycles. The number of morpholine rings is 1. The van der Waals surface area contributed by atoms with Crippen LogP contribution >= 0.6 is 12.2 Å². The lowest BCUT2D eigenvalue weighted by Crippen LogP contribution is -2.49. The van der Waals surface area contributed by atoms with Crippen LogP contribution in [0.5, 0.6) is 0 Å². The van der Waals surface area contributed by atoms with Crippen LogP contribution in [-0.4, -0.2) is 35.3 Å². The second-order valence-corrected chi connectivity index (χ2v) is 5.06. The van der Waals surface area contributed by atoms with Crippen molar-refractivity contribution in [3.05, 3.63) is 24.0 Å². The monoisotopic (exact) mass is 265 g/mol. The smallest absolute Gasteiger partial charge is 0.106 e. The molecule has 1 aliphatic heterocycles. The molecule has 18 heavy (non-hydrogen) atoms. The topological polar surface area (TPSA) is 51.4 Å². The molecule has 2 N–H and O–H groups in total. The normalized spacial score (nSPS) is 24.0. The lowest BCUT2D eigenvalue weighted by Gasteiger charge is -2.40. The van der Waals surface area contributed by atoms with Gasteiger partial charge in [0.05, 0.1) is 30.6 Å². The molecule has 0 amide bonds. The molecule has 0 saturated carbocycles. The van der Waals surface area contributed by atoms with Gasteiger partial charge in [-0.15, -0.1) is 0 Å². The van der Waals surface area contributed by atoms with Crippen LogP contribution in [0.4, 0.5) is 5.69 Å². The summed E-state index contributed by atoms with van der Waals surface area (Å²) >= 11 is 5.12. The Bertz CT molecular complexity index is 438. The third-order valence-corrected chi connectivity index (χ3v) is 3.53. The summed E-state index contributed by atoms with van der Waals surface area (Å²) in [6.45, 7) is 5.83. The van der Waals surface area contributed by atoms with Gasteiger partial charge in [0.1, 0.15) is 4.99 Å². The molecule has 2 atom stereocenters. The van der Waals surface area contributed by atoms with Gasteiger partial charge in [-0.25, -0.2) is 0 Å². The molecule has 0 aliphatic carbocycles. The van der Waals surface area contributed by atoms with E-state index in [0.29, 0.717) is 11.0 Å². The molecule has 1 aromatic heterocycles. The van der Waals surface area contributed by atoms with Crippen molar-refractivity contribution in [1.29, 1.82) is 0 Å². The average Bonchev–Trinajstić information content (AvgIpc) is 2.38. The molecule has 1 aromatic rings. The number of pyridine rings is 1. The van der Waals surface area contributed by atoms with Crippen molar-refractivity contribution in [1.82, 2.24) is 4.98 Å². The van der Waals surface area contributed by atoms with E-state index in [1.165, 1.54) is 0 Å². The summed E-state index contributed by atoms with van der Waals surface area (Å²) in [5, 5.41) is 0. The SMILES string of the molecule is CCC1COC(C)CN1c1cnccc1C(N)=S. The van der Waals surface area contributed by atoms with Gasteiger partial charge in [-0.2, -0.15) is 0 Å². The third kappa shape index (κ3) is 2.62. The Hall–Kier alpha value is -1.20. The van der Waals surface area contributed by atoms with Crippen LogP contribution in [0.25, 0.3) is 0 Å². The lowest BCUT2D eigenvalue weighted by molar-refractivity contribution is 0.0299. The van der Waals surface area contributed by atoms with Crippen molar-refractivity contribution in [2.45, 2.75) is 32.4 Å². The third-order valence-electron chi connectivity index (χ3n) is 3.31. The highest BCUT2D eigenvalue weighted by Crippen LogP contribution is 2.26. The number of anilines is 1. The number of nitrogens with two attached hydrogens (primary N) is 1. The molecular weight excluding hydrogens is 246 g/mol. The Morgan fingerprint density at radius 2 is 2.44 bits per heavy atom. The summed E-state index contributed by atoms with van der Waals surface area (Å²) in [4.78, 5) is 6.93.